The standard InChI is InChI=1S/C12H13N5O3/c18-11(19)5-2-6-13-12(20)9-3-1-4-10(7-9)17-8-14-15-16-17/h1,3-4,7-8H,2,5-6H2,(H,13,20)(H,18,19). The second-order valence-corrected chi connectivity index (χ2v) is 4.06. The van der Waals surface area contributed by atoms with Gasteiger partial charge in [0.15, 0.2) is 0 Å². The Labute approximate surface area is 114 Å². The average Bonchev–Trinajstić information content (AvgIpc) is 2.97. The first-order valence-corrected chi connectivity index (χ1v) is 6.00. The summed E-state index contributed by atoms with van der Waals surface area (Å²) >= 11 is 0. The Bertz CT molecular complexity index is 597. The Morgan fingerprint density at radius 2 is 2.20 bits per heavy atom. The molecule has 2 aromatic rings. The van der Waals surface area contributed by atoms with Crippen molar-refractivity contribution in [1.82, 2.24) is 25.5 Å². The third kappa shape index (κ3) is 3.61. The van der Waals surface area contributed by atoms with Crippen LogP contribution in [0.4, 0.5) is 0 Å². The molecule has 0 aliphatic heterocycles. The van der Waals surface area contributed by atoms with Gasteiger partial charge in [0.1, 0.15) is 6.33 Å². The van der Waals surface area contributed by atoms with Crippen LogP contribution in [0.2, 0.25) is 0 Å². The van der Waals surface area contributed by atoms with Crippen LogP contribution in [0.1, 0.15) is 23.2 Å². The Morgan fingerprint density at radius 1 is 1.35 bits per heavy atom. The first-order valence-electron chi connectivity index (χ1n) is 6.00. The third-order valence-corrected chi connectivity index (χ3v) is 2.57. The molecular weight excluding hydrogens is 262 g/mol. The van der Waals surface area contributed by atoms with Crippen LogP contribution >= 0.6 is 0 Å². The number of nitrogens with zero attached hydrogens (tertiary/aromatic N) is 4. The van der Waals surface area contributed by atoms with E-state index in [9.17, 15) is 9.59 Å². The molecular formula is C12H13N5O3. The number of nitrogens with one attached hydrogen (secondary N) is 1. The first-order chi connectivity index (χ1) is 9.66. The molecule has 0 radical (unpaired) electrons. The predicted octanol–water partition coefficient (Wildman–Crippen LogP) is 0.257. The minimum absolute atomic E-state index is 0.0327. The first kappa shape index (κ1) is 13.7. The topological polar surface area (TPSA) is 110 Å². The predicted molar refractivity (Wildman–Crippen MR) is 68.4 cm³/mol. The number of carboxylic acids is 1. The lowest BCUT2D eigenvalue weighted by atomic mass is 10.2. The van der Waals surface area contributed by atoms with E-state index >= 15 is 0 Å². The quantitative estimate of drug-likeness (QED) is 0.731. The molecule has 0 unspecified atom stereocenters. The number of aromatic nitrogens is 4. The van der Waals surface area contributed by atoms with Gasteiger partial charge in [0, 0.05) is 18.5 Å². The molecule has 0 saturated carbocycles. The van der Waals surface area contributed by atoms with Crippen LogP contribution in [-0.2, 0) is 4.79 Å². The summed E-state index contributed by atoms with van der Waals surface area (Å²) < 4.78 is 1.45. The van der Waals surface area contributed by atoms with Crippen molar-refractivity contribution in [3.8, 4) is 5.69 Å². The van der Waals surface area contributed by atoms with Crippen molar-refractivity contribution in [2.75, 3.05) is 6.54 Å². The summed E-state index contributed by atoms with van der Waals surface area (Å²) in [6.07, 6.45) is 1.86. The van der Waals surface area contributed by atoms with Gasteiger partial charge in [-0.2, -0.15) is 0 Å². The van der Waals surface area contributed by atoms with Crippen LogP contribution in [0.3, 0.4) is 0 Å². The monoisotopic (exact) mass is 275 g/mol. The molecule has 0 bridgehead atoms. The zero-order chi connectivity index (χ0) is 14.4. The van der Waals surface area contributed by atoms with Gasteiger partial charge in [0.05, 0.1) is 5.69 Å². The molecule has 0 aliphatic carbocycles. The maximum Gasteiger partial charge on any atom is 0.303 e. The third-order valence-electron chi connectivity index (χ3n) is 2.57. The molecule has 2 rings (SSSR count). The number of carbonyl (C=O) groups is 2. The van der Waals surface area contributed by atoms with Crippen molar-refractivity contribution in [1.29, 1.82) is 0 Å². The largest absolute Gasteiger partial charge is 0.481 e. The number of amides is 1. The summed E-state index contributed by atoms with van der Waals surface area (Å²) in [4.78, 5) is 22.2. The molecule has 2 N–H and O–H groups in total. The van der Waals surface area contributed by atoms with E-state index in [2.05, 4.69) is 20.8 Å². The molecule has 1 amide bonds. The van der Waals surface area contributed by atoms with E-state index in [0.717, 1.165) is 0 Å². The van der Waals surface area contributed by atoms with Gasteiger partial charge in [0.25, 0.3) is 5.91 Å². The number of carboxylic acid groups (broad SMARTS) is 1. The SMILES string of the molecule is O=C(O)CCCNC(=O)c1cccc(-n2cnnn2)c1. The molecule has 1 heterocycles. The van der Waals surface area contributed by atoms with Crippen LogP contribution in [0.25, 0.3) is 5.69 Å². The van der Waals surface area contributed by atoms with Gasteiger partial charge in [-0.25, -0.2) is 4.68 Å². The molecule has 8 heteroatoms. The lowest BCUT2D eigenvalue weighted by molar-refractivity contribution is -0.137. The minimum Gasteiger partial charge on any atom is -0.481 e. The summed E-state index contributed by atoms with van der Waals surface area (Å²) in [6, 6.07) is 6.82. The van der Waals surface area contributed by atoms with Gasteiger partial charge in [0.2, 0.25) is 0 Å². The number of tetrazole rings is 1. The van der Waals surface area contributed by atoms with Crippen molar-refractivity contribution in [2.24, 2.45) is 0 Å². The Morgan fingerprint density at radius 3 is 2.90 bits per heavy atom. The Balaban J connectivity index is 1.96. The number of hydrogen-bond donors (Lipinski definition) is 2. The highest BCUT2D eigenvalue weighted by Crippen LogP contribution is 2.08. The number of benzene rings is 1. The van der Waals surface area contributed by atoms with E-state index in [1.54, 1.807) is 24.3 Å². The number of carbonyl (C=O) groups excluding carboxylic acids is 1. The number of hydrogen-bond acceptors (Lipinski definition) is 5. The van der Waals surface area contributed by atoms with Crippen LogP contribution in [0.15, 0.2) is 30.6 Å². The summed E-state index contributed by atoms with van der Waals surface area (Å²) in [5, 5.41) is 22.0. The lowest BCUT2D eigenvalue weighted by Crippen LogP contribution is -2.25. The lowest BCUT2D eigenvalue weighted by Gasteiger charge is -2.06. The van der Waals surface area contributed by atoms with Crippen LogP contribution in [-0.4, -0.2) is 43.7 Å². The highest BCUT2D eigenvalue weighted by atomic mass is 16.4. The van der Waals surface area contributed by atoms with Crippen LogP contribution in [0, 0.1) is 0 Å². The van der Waals surface area contributed by atoms with E-state index in [1.807, 2.05) is 0 Å². The molecule has 104 valence electrons. The van der Waals surface area contributed by atoms with Crippen molar-refractivity contribution in [3.63, 3.8) is 0 Å². The molecule has 1 aromatic carbocycles. The van der Waals surface area contributed by atoms with Gasteiger partial charge < -0.3 is 10.4 Å². The summed E-state index contributed by atoms with van der Waals surface area (Å²) in [7, 11) is 0. The van der Waals surface area contributed by atoms with Crippen molar-refractivity contribution in [2.45, 2.75) is 12.8 Å². The zero-order valence-electron chi connectivity index (χ0n) is 10.6. The van der Waals surface area contributed by atoms with Gasteiger partial charge in [-0.3, -0.25) is 9.59 Å². The maximum absolute atomic E-state index is 11.9. The molecule has 0 spiro atoms. The van der Waals surface area contributed by atoms with E-state index in [0.29, 0.717) is 24.2 Å². The molecule has 1 aromatic heterocycles. The van der Waals surface area contributed by atoms with E-state index in [1.165, 1.54) is 11.0 Å². The molecule has 20 heavy (non-hydrogen) atoms. The molecule has 0 atom stereocenters. The van der Waals surface area contributed by atoms with Crippen LogP contribution in [0.5, 0.6) is 0 Å². The van der Waals surface area contributed by atoms with E-state index < -0.39 is 5.97 Å². The fourth-order valence-corrected chi connectivity index (χ4v) is 1.61. The second kappa shape index (κ2) is 6.41. The summed E-state index contributed by atoms with van der Waals surface area (Å²) in [6.45, 7) is 0.320. The number of rotatable bonds is 6. The van der Waals surface area contributed by atoms with E-state index in [4.69, 9.17) is 5.11 Å². The van der Waals surface area contributed by atoms with Gasteiger partial charge >= 0.3 is 5.97 Å². The maximum atomic E-state index is 11.9. The Hall–Kier alpha value is -2.77. The molecule has 0 fully saturated rings. The second-order valence-electron chi connectivity index (χ2n) is 4.06. The van der Waals surface area contributed by atoms with Crippen LogP contribution < -0.4 is 5.32 Å². The van der Waals surface area contributed by atoms with Crippen molar-refractivity contribution in [3.05, 3.63) is 36.2 Å². The smallest absolute Gasteiger partial charge is 0.303 e. The molecule has 8 nitrogen and oxygen atoms in total. The fourth-order valence-electron chi connectivity index (χ4n) is 1.61. The van der Waals surface area contributed by atoms with Gasteiger partial charge in [-0.05, 0) is 35.0 Å². The molecule has 0 aliphatic rings. The normalized spacial score (nSPS) is 10.2. The minimum atomic E-state index is -0.875. The Kier molecular flexibility index (Phi) is 4.38. The fraction of sp³-hybridized carbons (Fsp3) is 0.250. The van der Waals surface area contributed by atoms with Gasteiger partial charge in [-0.1, -0.05) is 6.07 Å². The van der Waals surface area contributed by atoms with Crippen molar-refractivity contribution < 1.29 is 14.7 Å². The zero-order valence-corrected chi connectivity index (χ0v) is 10.6. The highest BCUT2D eigenvalue weighted by Gasteiger charge is 2.07. The summed E-state index contributed by atoms with van der Waals surface area (Å²) in [5.41, 5.74) is 1.14. The van der Waals surface area contributed by atoms with Gasteiger partial charge in [-0.15, -0.1) is 5.10 Å². The number of aliphatic carboxylic acids is 1. The van der Waals surface area contributed by atoms with E-state index in [-0.39, 0.29) is 12.3 Å². The van der Waals surface area contributed by atoms with Crippen molar-refractivity contribution >= 4 is 11.9 Å². The summed E-state index contributed by atoms with van der Waals surface area (Å²) in [5.74, 6) is -1.13. The average molecular weight is 275 g/mol. The molecule has 0 saturated heterocycles. The highest BCUT2D eigenvalue weighted by molar-refractivity contribution is 5.94.